The van der Waals surface area contributed by atoms with Crippen molar-refractivity contribution in [1.29, 1.82) is 0 Å². The topological polar surface area (TPSA) is 61.4 Å². The van der Waals surface area contributed by atoms with Gasteiger partial charge in [-0.2, -0.15) is 0 Å². The van der Waals surface area contributed by atoms with Gasteiger partial charge < -0.3 is 15.1 Å². The number of anilines is 2. The number of hydrogen-bond donors (Lipinski definition) is 1. The minimum absolute atomic E-state index is 0.0369. The Labute approximate surface area is 170 Å². The molecule has 2 aliphatic rings. The van der Waals surface area contributed by atoms with Crippen LogP contribution in [0.1, 0.15) is 30.1 Å². The highest BCUT2D eigenvalue weighted by Crippen LogP contribution is 2.40. The smallest absolute Gasteiger partial charge is 0.321 e. The molecule has 2 amide bonds. The summed E-state index contributed by atoms with van der Waals surface area (Å²) in [5.74, 6) is 2.49. The summed E-state index contributed by atoms with van der Waals surface area (Å²) < 4.78 is 0. The third kappa shape index (κ3) is 3.62. The molecule has 0 radical (unpaired) electrons. The maximum Gasteiger partial charge on any atom is 0.321 e. The fourth-order valence-corrected chi connectivity index (χ4v) is 3.87. The zero-order valence-corrected chi connectivity index (χ0v) is 16.6. The van der Waals surface area contributed by atoms with Crippen molar-refractivity contribution in [2.45, 2.75) is 25.7 Å². The number of hydrogen-bond acceptors (Lipinski definition) is 4. The van der Waals surface area contributed by atoms with Gasteiger partial charge in [-0.3, -0.25) is 0 Å². The van der Waals surface area contributed by atoms with Gasteiger partial charge in [0.05, 0.1) is 5.52 Å². The predicted molar refractivity (Wildman–Crippen MR) is 115 cm³/mol. The number of urea groups is 1. The fourth-order valence-electron chi connectivity index (χ4n) is 3.87. The van der Waals surface area contributed by atoms with E-state index >= 15 is 0 Å². The number of nitrogens with one attached hydrogen (secondary N) is 1. The zero-order valence-electron chi connectivity index (χ0n) is 16.6. The molecule has 1 aliphatic heterocycles. The lowest BCUT2D eigenvalue weighted by Crippen LogP contribution is -2.50. The highest BCUT2D eigenvalue weighted by atomic mass is 16.2. The van der Waals surface area contributed by atoms with E-state index in [0.29, 0.717) is 19.0 Å². The van der Waals surface area contributed by atoms with E-state index in [0.717, 1.165) is 46.9 Å². The number of aromatic nitrogens is 2. The molecular weight excluding hydrogens is 362 g/mol. The first-order chi connectivity index (χ1) is 14.2. The van der Waals surface area contributed by atoms with E-state index in [1.807, 2.05) is 48.2 Å². The second kappa shape index (κ2) is 7.35. The van der Waals surface area contributed by atoms with E-state index in [2.05, 4.69) is 22.3 Å². The normalized spacial score (nSPS) is 16.9. The summed E-state index contributed by atoms with van der Waals surface area (Å²) in [4.78, 5) is 26.6. The number of rotatable bonds is 3. The number of carbonyl (C=O) groups excluding carboxylic acids is 1. The average molecular weight is 387 g/mol. The van der Waals surface area contributed by atoms with Gasteiger partial charge in [0.1, 0.15) is 11.6 Å². The van der Waals surface area contributed by atoms with Gasteiger partial charge in [-0.25, -0.2) is 14.8 Å². The van der Waals surface area contributed by atoms with Crippen LogP contribution in [0.15, 0.2) is 48.5 Å². The lowest BCUT2D eigenvalue weighted by atomic mass is 10.2. The van der Waals surface area contributed by atoms with Crippen molar-refractivity contribution in [2.24, 2.45) is 0 Å². The molecule has 0 atom stereocenters. The number of amides is 2. The first-order valence-corrected chi connectivity index (χ1v) is 10.3. The van der Waals surface area contributed by atoms with Crippen LogP contribution in [-0.4, -0.2) is 47.1 Å². The van der Waals surface area contributed by atoms with Crippen molar-refractivity contribution in [2.75, 3.05) is 36.4 Å². The molecule has 29 heavy (non-hydrogen) atoms. The number of fused-ring (bicyclic) bond motifs is 1. The van der Waals surface area contributed by atoms with Gasteiger partial charge >= 0.3 is 6.03 Å². The Bertz CT molecular complexity index is 1050. The Kier molecular flexibility index (Phi) is 4.54. The number of carbonyl (C=O) groups is 1. The Morgan fingerprint density at radius 2 is 1.69 bits per heavy atom. The molecular formula is C23H25N5O. The Morgan fingerprint density at radius 1 is 0.966 bits per heavy atom. The van der Waals surface area contributed by atoms with Crippen LogP contribution < -0.4 is 10.2 Å². The van der Waals surface area contributed by atoms with Crippen molar-refractivity contribution in [3.05, 3.63) is 59.9 Å². The molecule has 2 fully saturated rings. The molecule has 2 heterocycles. The number of aryl methyl sites for hydroxylation is 1. The number of piperazine rings is 1. The van der Waals surface area contributed by atoms with Gasteiger partial charge in [-0.15, -0.1) is 0 Å². The zero-order chi connectivity index (χ0) is 19.8. The fraction of sp³-hybridized carbons (Fsp3) is 0.348. The van der Waals surface area contributed by atoms with E-state index < -0.39 is 0 Å². The molecule has 1 aromatic heterocycles. The van der Waals surface area contributed by atoms with Crippen molar-refractivity contribution in [3.8, 4) is 0 Å². The Hall–Kier alpha value is -3.15. The van der Waals surface area contributed by atoms with Crippen LogP contribution >= 0.6 is 0 Å². The molecule has 1 saturated heterocycles. The van der Waals surface area contributed by atoms with Crippen LogP contribution in [0.2, 0.25) is 0 Å². The summed E-state index contributed by atoms with van der Waals surface area (Å²) in [6.45, 7) is 4.90. The Balaban J connectivity index is 1.32. The van der Waals surface area contributed by atoms with Crippen molar-refractivity contribution < 1.29 is 4.79 Å². The number of nitrogens with zero attached hydrogens (tertiary/aromatic N) is 4. The standard InChI is InChI=1S/C23H25N5O/c1-16-6-2-4-8-19(16)25-23(29)28-14-12-27(13-15-28)22-18-7-3-5-9-20(18)24-21(26-22)17-10-11-17/h2-9,17H,10-15H2,1H3,(H,25,29). The van der Waals surface area contributed by atoms with Crippen molar-refractivity contribution in [1.82, 2.24) is 14.9 Å². The van der Waals surface area contributed by atoms with E-state index in [1.165, 1.54) is 12.8 Å². The molecule has 0 bridgehead atoms. The van der Waals surface area contributed by atoms with Crippen molar-refractivity contribution in [3.63, 3.8) is 0 Å². The monoisotopic (exact) mass is 387 g/mol. The molecule has 1 aliphatic carbocycles. The third-order valence-electron chi connectivity index (χ3n) is 5.80. The van der Waals surface area contributed by atoms with Gasteiger partial charge in [0.2, 0.25) is 0 Å². The maximum atomic E-state index is 12.7. The summed E-state index contributed by atoms with van der Waals surface area (Å²) in [6.07, 6.45) is 2.37. The molecule has 6 nitrogen and oxygen atoms in total. The van der Waals surface area contributed by atoms with Crippen LogP contribution in [-0.2, 0) is 0 Å². The second-order valence-electron chi connectivity index (χ2n) is 7.92. The summed E-state index contributed by atoms with van der Waals surface area (Å²) in [7, 11) is 0. The van der Waals surface area contributed by atoms with E-state index in [1.54, 1.807) is 0 Å². The predicted octanol–water partition coefficient (Wildman–Crippen LogP) is 4.17. The summed E-state index contributed by atoms with van der Waals surface area (Å²) in [5.41, 5.74) is 2.95. The number of benzene rings is 2. The SMILES string of the molecule is Cc1ccccc1NC(=O)N1CCN(c2nc(C3CC3)nc3ccccc23)CC1. The molecule has 1 N–H and O–H groups in total. The summed E-state index contributed by atoms with van der Waals surface area (Å²) in [5, 5.41) is 4.13. The van der Waals surface area contributed by atoms with Crippen LogP contribution in [0.3, 0.4) is 0 Å². The first-order valence-electron chi connectivity index (χ1n) is 10.3. The largest absolute Gasteiger partial charge is 0.352 e. The van der Waals surface area contributed by atoms with Crippen LogP contribution in [0.25, 0.3) is 10.9 Å². The molecule has 3 aromatic rings. The summed E-state index contributed by atoms with van der Waals surface area (Å²) >= 11 is 0. The second-order valence-corrected chi connectivity index (χ2v) is 7.92. The highest BCUT2D eigenvalue weighted by Gasteiger charge is 2.29. The molecule has 148 valence electrons. The maximum absolute atomic E-state index is 12.7. The molecule has 0 spiro atoms. The minimum atomic E-state index is -0.0369. The molecule has 6 heteroatoms. The number of para-hydroxylation sites is 2. The molecule has 0 unspecified atom stereocenters. The van der Waals surface area contributed by atoms with Gasteiger partial charge in [0, 0.05) is 43.2 Å². The molecule has 5 rings (SSSR count). The molecule has 1 saturated carbocycles. The van der Waals surface area contributed by atoms with Crippen LogP contribution in [0.5, 0.6) is 0 Å². The summed E-state index contributed by atoms with van der Waals surface area (Å²) in [6, 6.07) is 16.1. The molecule has 2 aromatic carbocycles. The quantitative estimate of drug-likeness (QED) is 0.733. The lowest BCUT2D eigenvalue weighted by Gasteiger charge is -2.36. The Morgan fingerprint density at radius 3 is 2.45 bits per heavy atom. The minimum Gasteiger partial charge on any atom is -0.352 e. The van der Waals surface area contributed by atoms with Gasteiger partial charge in [0.15, 0.2) is 0 Å². The van der Waals surface area contributed by atoms with Crippen LogP contribution in [0.4, 0.5) is 16.3 Å². The van der Waals surface area contributed by atoms with Gasteiger partial charge in [-0.1, -0.05) is 30.3 Å². The van der Waals surface area contributed by atoms with E-state index in [4.69, 9.17) is 9.97 Å². The van der Waals surface area contributed by atoms with Gasteiger partial charge in [-0.05, 0) is 43.5 Å². The van der Waals surface area contributed by atoms with Crippen LogP contribution in [0, 0.1) is 6.92 Å². The third-order valence-corrected chi connectivity index (χ3v) is 5.80. The van der Waals surface area contributed by atoms with E-state index in [-0.39, 0.29) is 6.03 Å². The van der Waals surface area contributed by atoms with Crippen molar-refractivity contribution >= 4 is 28.4 Å². The lowest BCUT2D eigenvalue weighted by molar-refractivity contribution is 0.208. The van der Waals surface area contributed by atoms with Gasteiger partial charge in [0.25, 0.3) is 0 Å². The average Bonchev–Trinajstić information content (AvgIpc) is 3.60. The first kappa shape index (κ1) is 17.9. The highest BCUT2D eigenvalue weighted by molar-refractivity contribution is 5.91. The van der Waals surface area contributed by atoms with E-state index in [9.17, 15) is 4.79 Å².